The van der Waals surface area contributed by atoms with E-state index in [4.69, 9.17) is 0 Å². The van der Waals surface area contributed by atoms with Gasteiger partial charge in [0.2, 0.25) is 0 Å². The van der Waals surface area contributed by atoms with E-state index in [2.05, 4.69) is 112 Å². The van der Waals surface area contributed by atoms with Crippen LogP contribution in [0.5, 0.6) is 0 Å². The van der Waals surface area contributed by atoms with Gasteiger partial charge in [-0.05, 0) is 0 Å². The first kappa shape index (κ1) is 22.3. The second-order valence-corrected chi connectivity index (χ2v) is 11.5. The van der Waals surface area contributed by atoms with Crippen LogP contribution >= 0.6 is 21.6 Å². The fourth-order valence-electron chi connectivity index (χ4n) is 3.84. The van der Waals surface area contributed by atoms with Crippen molar-refractivity contribution < 1.29 is 0 Å². The summed E-state index contributed by atoms with van der Waals surface area (Å²) in [5, 5.41) is 0. The van der Waals surface area contributed by atoms with Gasteiger partial charge in [-0.15, -0.1) is 0 Å². The fourth-order valence-corrected chi connectivity index (χ4v) is 7.19. The summed E-state index contributed by atoms with van der Waals surface area (Å²) in [6, 6.07) is 17.2. The van der Waals surface area contributed by atoms with Crippen molar-refractivity contribution in [2.24, 2.45) is 14.1 Å². The van der Waals surface area contributed by atoms with Gasteiger partial charge >= 0.3 is 202 Å². The van der Waals surface area contributed by atoms with E-state index >= 15 is 0 Å². The number of aromatic nitrogens is 4. The van der Waals surface area contributed by atoms with Crippen LogP contribution in [0.25, 0.3) is 22.1 Å². The van der Waals surface area contributed by atoms with Gasteiger partial charge < -0.3 is 0 Å². The third kappa shape index (κ3) is 4.50. The van der Waals surface area contributed by atoms with Gasteiger partial charge in [-0.1, -0.05) is 0 Å². The Morgan fingerprint density at radius 1 is 0.633 bits per heavy atom. The van der Waals surface area contributed by atoms with Crippen LogP contribution in [0.15, 0.2) is 48.5 Å². The van der Waals surface area contributed by atoms with Crippen LogP contribution in [-0.4, -0.2) is 60.9 Å². The monoisotopic (exact) mass is 570 g/mol. The van der Waals surface area contributed by atoms with E-state index in [1.54, 1.807) is 0 Å². The first-order valence-electron chi connectivity index (χ1n) is 10.1. The molecule has 2 aromatic carbocycles. The van der Waals surface area contributed by atoms with E-state index in [1.807, 2.05) is 21.6 Å². The molecule has 0 fully saturated rings. The van der Waals surface area contributed by atoms with Crippen molar-refractivity contribution in [3.05, 3.63) is 57.2 Å². The normalized spacial score (nSPS) is 11.7. The number of para-hydroxylation sites is 4. The summed E-state index contributed by atoms with van der Waals surface area (Å²) < 4.78 is 11.7. The number of rotatable bonds is 9. The predicted octanol–water partition coefficient (Wildman–Crippen LogP) is 4.54. The summed E-state index contributed by atoms with van der Waals surface area (Å²) in [6.45, 7) is 2.11. The molecule has 0 saturated heterocycles. The zero-order valence-electron chi connectivity index (χ0n) is 17.3. The Labute approximate surface area is 200 Å². The number of aryl methyl sites for hydroxylation is 4. The van der Waals surface area contributed by atoms with Gasteiger partial charge in [-0.2, -0.15) is 0 Å². The van der Waals surface area contributed by atoms with Crippen LogP contribution in [0.4, 0.5) is 0 Å². The molecule has 2 heterocycles. The molecule has 0 aliphatic rings. The molecule has 0 saturated carbocycles. The maximum absolute atomic E-state index is 3.24. The molecule has 4 nitrogen and oxygen atoms in total. The molecule has 0 aliphatic carbocycles. The Bertz CT molecular complexity index is 1180. The quantitative estimate of drug-likeness (QED) is 0.168. The maximum atomic E-state index is 3.24. The van der Waals surface area contributed by atoms with Gasteiger partial charge in [0.05, 0.1) is 0 Å². The molecule has 4 aromatic rings. The second kappa shape index (κ2) is 10.2. The molecule has 0 spiro atoms. The first-order valence-corrected chi connectivity index (χ1v) is 14.3. The number of benzene rings is 2. The van der Waals surface area contributed by atoms with Crippen LogP contribution in [0.3, 0.4) is 0 Å². The van der Waals surface area contributed by atoms with Crippen LogP contribution in [0, 0.1) is 8.65 Å². The SMILES string of the molecule is Cn1c(=[Se])n(CCCSSCCCn2c(=[Se])n(C)c3ccccc32)c2ccccc21. The fraction of sp³-hybridized carbons (Fsp3) is 0.364. The van der Waals surface area contributed by atoms with Gasteiger partial charge in [0.25, 0.3) is 0 Å². The van der Waals surface area contributed by atoms with Crippen LogP contribution in [0.1, 0.15) is 12.8 Å². The van der Waals surface area contributed by atoms with Crippen molar-refractivity contribution in [1.82, 2.24) is 18.3 Å². The van der Waals surface area contributed by atoms with E-state index in [-0.39, 0.29) is 0 Å². The van der Waals surface area contributed by atoms with Crippen LogP contribution in [0.2, 0.25) is 0 Å². The molecule has 0 radical (unpaired) electrons. The third-order valence-corrected chi connectivity index (χ3v) is 10.1. The average Bonchev–Trinajstić information content (AvgIpc) is 3.16. The van der Waals surface area contributed by atoms with E-state index in [9.17, 15) is 0 Å². The molecule has 0 unspecified atom stereocenters. The molecule has 8 heteroatoms. The van der Waals surface area contributed by atoms with Crippen molar-refractivity contribution in [2.75, 3.05) is 11.5 Å². The number of hydrogen-bond acceptors (Lipinski definition) is 2. The first-order chi connectivity index (χ1) is 14.6. The standard InChI is InChI=1S/C22H26N4S2Se2/c1-23-17-9-3-5-11-19(17)25(21(23)29)13-7-15-27-28-16-8-14-26-20-12-6-4-10-18(20)24(2)22(26)30/h3-6,9-12H,7-8,13-16H2,1-2H3. The number of fused-ring (bicyclic) bond motifs is 2. The summed E-state index contributed by atoms with van der Waals surface area (Å²) in [5.41, 5.74) is 5.19. The molecule has 2 aromatic heterocycles. The van der Waals surface area contributed by atoms with E-state index in [0.717, 1.165) is 13.1 Å². The van der Waals surface area contributed by atoms with Gasteiger partial charge in [-0.3, -0.25) is 0 Å². The molecule has 0 N–H and O–H groups in total. The Morgan fingerprint density at radius 2 is 1.00 bits per heavy atom. The van der Waals surface area contributed by atoms with Crippen molar-refractivity contribution >= 4 is 74.8 Å². The van der Waals surface area contributed by atoms with Crippen LogP contribution < -0.4 is 0 Å². The summed E-state index contributed by atoms with van der Waals surface area (Å²) in [5.74, 6) is 2.35. The molecule has 0 amide bonds. The van der Waals surface area contributed by atoms with E-state index < -0.39 is 0 Å². The van der Waals surface area contributed by atoms with E-state index in [0.29, 0.717) is 0 Å². The minimum atomic E-state index is 1.05. The van der Waals surface area contributed by atoms with Crippen LogP contribution in [-0.2, 0) is 27.2 Å². The summed E-state index contributed by atoms with van der Waals surface area (Å²) in [4.78, 5) is 0. The van der Waals surface area contributed by atoms with Crippen molar-refractivity contribution in [3.8, 4) is 0 Å². The Kier molecular flexibility index (Phi) is 7.56. The predicted molar refractivity (Wildman–Crippen MR) is 134 cm³/mol. The molecule has 0 aliphatic heterocycles. The van der Waals surface area contributed by atoms with Gasteiger partial charge in [0.15, 0.2) is 0 Å². The number of nitrogens with zero attached hydrogens (tertiary/aromatic N) is 4. The van der Waals surface area contributed by atoms with Gasteiger partial charge in [0.1, 0.15) is 0 Å². The molecule has 30 heavy (non-hydrogen) atoms. The summed E-state index contributed by atoms with van der Waals surface area (Å²) >= 11 is 6.48. The molecule has 0 atom stereocenters. The summed E-state index contributed by atoms with van der Waals surface area (Å²) in [7, 11) is 8.26. The Morgan fingerprint density at radius 3 is 1.40 bits per heavy atom. The number of imidazole rings is 2. The van der Waals surface area contributed by atoms with Crippen molar-refractivity contribution in [1.29, 1.82) is 0 Å². The minimum absolute atomic E-state index is 1.05. The average molecular weight is 569 g/mol. The molecule has 4 rings (SSSR count). The summed E-state index contributed by atoms with van der Waals surface area (Å²) in [6.07, 6.45) is 2.36. The molecular weight excluding hydrogens is 542 g/mol. The van der Waals surface area contributed by atoms with Crippen molar-refractivity contribution in [3.63, 3.8) is 0 Å². The molecular formula is C22H26N4S2Se2. The van der Waals surface area contributed by atoms with Crippen molar-refractivity contribution in [2.45, 2.75) is 25.9 Å². The van der Waals surface area contributed by atoms with Gasteiger partial charge in [-0.25, -0.2) is 0 Å². The van der Waals surface area contributed by atoms with E-state index in [1.165, 1.54) is 55.1 Å². The number of hydrogen-bond donors (Lipinski definition) is 0. The zero-order valence-corrected chi connectivity index (χ0v) is 22.3. The topological polar surface area (TPSA) is 19.7 Å². The van der Waals surface area contributed by atoms with Gasteiger partial charge in [0, 0.05) is 0 Å². The zero-order chi connectivity index (χ0) is 21.1. The molecule has 158 valence electrons. The Hall–Kier alpha value is -0.881. The third-order valence-electron chi connectivity index (χ3n) is 5.41. The Balaban J connectivity index is 1.22. The molecule has 0 bridgehead atoms. The second-order valence-electron chi connectivity index (χ2n) is 7.31.